The van der Waals surface area contributed by atoms with Gasteiger partial charge in [0.15, 0.2) is 11.5 Å². The van der Waals surface area contributed by atoms with Gasteiger partial charge < -0.3 is 19.9 Å². The van der Waals surface area contributed by atoms with Crippen molar-refractivity contribution in [3.63, 3.8) is 0 Å². The summed E-state index contributed by atoms with van der Waals surface area (Å²) in [6, 6.07) is 5.82. The van der Waals surface area contributed by atoms with E-state index in [1.807, 2.05) is 18.2 Å². The zero-order chi connectivity index (χ0) is 20.4. The van der Waals surface area contributed by atoms with Crippen molar-refractivity contribution in [2.75, 3.05) is 20.3 Å². The number of nitrogens with one attached hydrogen (secondary N) is 1. The lowest BCUT2D eigenvalue weighted by atomic mass is 9.78. The molecule has 1 aromatic rings. The van der Waals surface area contributed by atoms with Gasteiger partial charge in [-0.25, -0.2) is 0 Å². The molecule has 1 aliphatic carbocycles. The van der Waals surface area contributed by atoms with Gasteiger partial charge in [0.2, 0.25) is 5.91 Å². The summed E-state index contributed by atoms with van der Waals surface area (Å²) in [6.45, 7) is 3.30. The van der Waals surface area contributed by atoms with Crippen LogP contribution in [0.2, 0.25) is 0 Å². The minimum Gasteiger partial charge on any atom is -0.493 e. The molecule has 1 fully saturated rings. The quantitative estimate of drug-likeness (QED) is 0.560. The van der Waals surface area contributed by atoms with Crippen LogP contribution >= 0.6 is 0 Å². The highest BCUT2D eigenvalue weighted by Crippen LogP contribution is 2.31. The Hall–Kier alpha value is -2.24. The van der Waals surface area contributed by atoms with E-state index in [1.165, 1.54) is 0 Å². The molecule has 0 bridgehead atoms. The third-order valence-corrected chi connectivity index (χ3v) is 5.37. The number of carbonyl (C=O) groups excluding carboxylic acids is 1. The van der Waals surface area contributed by atoms with Crippen LogP contribution in [0.5, 0.6) is 11.5 Å². The predicted molar refractivity (Wildman–Crippen MR) is 108 cm³/mol. The minimum absolute atomic E-state index is 0.144. The molecule has 2 N–H and O–H groups in total. The van der Waals surface area contributed by atoms with Gasteiger partial charge in [-0.15, -0.1) is 0 Å². The summed E-state index contributed by atoms with van der Waals surface area (Å²) in [6.07, 6.45) is 7.01. The molecule has 0 aromatic heterocycles. The Morgan fingerprint density at radius 2 is 1.89 bits per heavy atom. The van der Waals surface area contributed by atoms with E-state index in [2.05, 4.69) is 12.2 Å². The third-order valence-electron chi connectivity index (χ3n) is 5.37. The summed E-state index contributed by atoms with van der Waals surface area (Å²) in [4.78, 5) is 23.8. The van der Waals surface area contributed by atoms with Crippen LogP contribution < -0.4 is 14.8 Å². The maximum absolute atomic E-state index is 12.4. The Morgan fingerprint density at radius 3 is 2.57 bits per heavy atom. The molecule has 6 heteroatoms. The van der Waals surface area contributed by atoms with Crippen molar-refractivity contribution in [2.24, 2.45) is 11.8 Å². The number of unbranched alkanes of at least 4 members (excludes halogenated alkanes) is 2. The fourth-order valence-corrected chi connectivity index (χ4v) is 3.72. The highest BCUT2D eigenvalue weighted by atomic mass is 16.5. The molecule has 6 nitrogen and oxygen atoms in total. The molecule has 0 spiro atoms. The van der Waals surface area contributed by atoms with Crippen molar-refractivity contribution in [2.45, 2.75) is 58.3 Å². The van der Waals surface area contributed by atoms with Gasteiger partial charge in [0, 0.05) is 6.54 Å². The van der Waals surface area contributed by atoms with Crippen LogP contribution in [0.3, 0.4) is 0 Å². The topological polar surface area (TPSA) is 84.9 Å². The fraction of sp³-hybridized carbons (Fsp3) is 0.636. The number of benzene rings is 1. The molecule has 0 saturated heterocycles. The Morgan fingerprint density at radius 1 is 1.14 bits per heavy atom. The van der Waals surface area contributed by atoms with Crippen LogP contribution in [0, 0.1) is 11.8 Å². The third kappa shape index (κ3) is 6.43. The summed E-state index contributed by atoms with van der Waals surface area (Å²) in [5, 5.41) is 12.2. The van der Waals surface area contributed by atoms with Gasteiger partial charge in [0.05, 0.1) is 25.6 Å². The molecule has 1 aliphatic rings. The standard InChI is InChI=1S/C22H33NO5/c1-3-4-7-14-28-19-11-10-16(15-20(19)27-2)12-13-23-21(24)17-8-5-6-9-18(17)22(25)26/h10-11,15,17-18H,3-9,12-14H2,1-2H3,(H,23,24)(H,25,26). The molecule has 2 rings (SSSR count). The van der Waals surface area contributed by atoms with Crippen molar-refractivity contribution >= 4 is 11.9 Å². The smallest absolute Gasteiger partial charge is 0.307 e. The van der Waals surface area contributed by atoms with Crippen LogP contribution in [0.15, 0.2) is 18.2 Å². The zero-order valence-electron chi connectivity index (χ0n) is 17.0. The molecule has 0 radical (unpaired) electrons. The summed E-state index contributed by atoms with van der Waals surface area (Å²) < 4.78 is 11.2. The van der Waals surface area contributed by atoms with E-state index in [-0.39, 0.29) is 5.91 Å². The number of aliphatic carboxylic acids is 1. The SMILES string of the molecule is CCCCCOc1ccc(CCNC(=O)C2CCCCC2C(=O)O)cc1OC. The molecule has 1 saturated carbocycles. The van der Waals surface area contributed by atoms with Crippen molar-refractivity contribution in [1.29, 1.82) is 0 Å². The van der Waals surface area contributed by atoms with Crippen LogP contribution in [0.4, 0.5) is 0 Å². The zero-order valence-corrected chi connectivity index (χ0v) is 17.0. The monoisotopic (exact) mass is 391 g/mol. The minimum atomic E-state index is -0.862. The van der Waals surface area contributed by atoms with E-state index in [9.17, 15) is 14.7 Å². The van der Waals surface area contributed by atoms with Gasteiger partial charge in [0.1, 0.15) is 0 Å². The largest absolute Gasteiger partial charge is 0.493 e. The van der Waals surface area contributed by atoms with Crippen LogP contribution in [-0.4, -0.2) is 37.2 Å². The molecular formula is C22H33NO5. The molecule has 0 heterocycles. The second-order valence-electron chi connectivity index (χ2n) is 7.42. The van der Waals surface area contributed by atoms with Gasteiger partial charge >= 0.3 is 5.97 Å². The van der Waals surface area contributed by atoms with E-state index < -0.39 is 17.8 Å². The van der Waals surface area contributed by atoms with Gasteiger partial charge in [-0.3, -0.25) is 9.59 Å². The van der Waals surface area contributed by atoms with Gasteiger partial charge in [-0.2, -0.15) is 0 Å². The number of rotatable bonds is 11. The molecule has 1 aromatic carbocycles. The fourth-order valence-electron chi connectivity index (χ4n) is 3.72. The number of carboxylic acids is 1. The van der Waals surface area contributed by atoms with Gasteiger partial charge in [0.25, 0.3) is 0 Å². The number of methoxy groups -OCH3 is 1. The number of hydrogen-bond donors (Lipinski definition) is 2. The average Bonchev–Trinajstić information content (AvgIpc) is 2.71. The second kappa shape index (κ2) is 11.6. The van der Waals surface area contributed by atoms with Crippen molar-refractivity contribution in [1.82, 2.24) is 5.32 Å². The van der Waals surface area contributed by atoms with Crippen molar-refractivity contribution in [3.8, 4) is 11.5 Å². The lowest BCUT2D eigenvalue weighted by Gasteiger charge is -2.27. The highest BCUT2D eigenvalue weighted by molar-refractivity contribution is 5.84. The van der Waals surface area contributed by atoms with Crippen molar-refractivity contribution < 1.29 is 24.2 Å². The Kier molecular flexibility index (Phi) is 9.11. The molecule has 156 valence electrons. The number of ether oxygens (including phenoxy) is 2. The summed E-state index contributed by atoms with van der Waals surface area (Å²) in [5.41, 5.74) is 1.04. The molecule has 2 atom stereocenters. The Bertz CT molecular complexity index is 646. The number of hydrogen-bond acceptors (Lipinski definition) is 4. The molecular weight excluding hydrogens is 358 g/mol. The molecule has 28 heavy (non-hydrogen) atoms. The van der Waals surface area contributed by atoms with E-state index in [0.29, 0.717) is 38.2 Å². The first-order valence-electron chi connectivity index (χ1n) is 10.4. The van der Waals surface area contributed by atoms with Crippen LogP contribution in [-0.2, 0) is 16.0 Å². The lowest BCUT2D eigenvalue weighted by molar-refractivity contribution is -0.148. The molecule has 1 amide bonds. The maximum atomic E-state index is 12.4. The first-order valence-corrected chi connectivity index (χ1v) is 10.4. The molecule has 2 unspecified atom stereocenters. The summed E-state index contributed by atoms with van der Waals surface area (Å²) in [7, 11) is 1.62. The summed E-state index contributed by atoms with van der Waals surface area (Å²) >= 11 is 0. The van der Waals surface area contributed by atoms with E-state index in [4.69, 9.17) is 9.47 Å². The average molecular weight is 392 g/mol. The number of amides is 1. The predicted octanol–water partition coefficient (Wildman–Crippen LogP) is 3.81. The Labute approximate surface area is 167 Å². The molecule has 0 aliphatic heterocycles. The van der Waals surface area contributed by atoms with Crippen LogP contribution in [0.1, 0.15) is 57.4 Å². The van der Waals surface area contributed by atoms with Gasteiger partial charge in [-0.1, -0.05) is 38.7 Å². The van der Waals surface area contributed by atoms with E-state index in [1.54, 1.807) is 7.11 Å². The normalized spacial score (nSPS) is 19.1. The Balaban J connectivity index is 1.84. The van der Waals surface area contributed by atoms with E-state index >= 15 is 0 Å². The van der Waals surface area contributed by atoms with Crippen LogP contribution in [0.25, 0.3) is 0 Å². The first kappa shape index (κ1) is 22.1. The maximum Gasteiger partial charge on any atom is 0.307 e. The number of carboxylic acid groups (broad SMARTS) is 1. The van der Waals surface area contributed by atoms with Gasteiger partial charge in [-0.05, 0) is 43.4 Å². The van der Waals surface area contributed by atoms with Crippen molar-refractivity contribution in [3.05, 3.63) is 23.8 Å². The first-order chi connectivity index (χ1) is 13.6. The second-order valence-corrected chi connectivity index (χ2v) is 7.42. The highest BCUT2D eigenvalue weighted by Gasteiger charge is 2.35. The van der Waals surface area contributed by atoms with E-state index in [0.717, 1.165) is 43.4 Å². The summed E-state index contributed by atoms with van der Waals surface area (Å²) in [5.74, 6) is -0.553. The lowest BCUT2D eigenvalue weighted by Crippen LogP contribution is -2.40. The number of carbonyl (C=O) groups is 2.